The molecule has 0 amide bonds. The molecule has 0 aromatic heterocycles. The molecule has 7 aliphatic carbocycles. The molecule has 0 saturated heterocycles. The molecule has 0 aromatic carbocycles. The van der Waals surface area contributed by atoms with Crippen molar-refractivity contribution in [3.8, 4) is 0 Å². The molecule has 11 atom stereocenters. The van der Waals surface area contributed by atoms with Crippen molar-refractivity contribution in [3.05, 3.63) is 0 Å². The van der Waals surface area contributed by atoms with Gasteiger partial charge in [0.05, 0.1) is 0 Å². The summed E-state index contributed by atoms with van der Waals surface area (Å²) in [4.78, 5) is 0. The van der Waals surface area contributed by atoms with Crippen molar-refractivity contribution in [2.24, 2.45) is 64.1 Å². The molecule has 7 aliphatic rings. The van der Waals surface area contributed by atoms with E-state index in [0.717, 1.165) is 16.7 Å². The highest BCUT2D eigenvalue weighted by Crippen LogP contribution is 2.93. The van der Waals surface area contributed by atoms with E-state index in [1.165, 1.54) is 47.3 Å². The van der Waals surface area contributed by atoms with E-state index >= 15 is 0 Å². The van der Waals surface area contributed by atoms with Gasteiger partial charge in [-0.05, 0) is 96.2 Å². The minimum atomic E-state index is 0.895. The molecule has 0 aromatic rings. The van der Waals surface area contributed by atoms with Crippen molar-refractivity contribution >= 4 is 0 Å². The van der Waals surface area contributed by atoms with Crippen molar-refractivity contribution in [2.75, 3.05) is 0 Å². The van der Waals surface area contributed by atoms with E-state index in [2.05, 4.69) is 6.92 Å². The van der Waals surface area contributed by atoms with Crippen molar-refractivity contribution in [2.45, 2.75) is 39.0 Å². The van der Waals surface area contributed by atoms with Crippen LogP contribution in [0.3, 0.4) is 0 Å². The van der Waals surface area contributed by atoms with Crippen molar-refractivity contribution in [3.63, 3.8) is 0 Å². The van der Waals surface area contributed by atoms with Gasteiger partial charge in [-0.15, -0.1) is 0 Å². The molecule has 0 aliphatic heterocycles. The van der Waals surface area contributed by atoms with Crippen LogP contribution in [0.15, 0.2) is 0 Å². The van der Waals surface area contributed by atoms with Gasteiger partial charge < -0.3 is 0 Å². The monoisotopic (exact) mass is 226 g/mol. The summed E-state index contributed by atoms with van der Waals surface area (Å²) in [5.41, 5.74) is 1.84. The molecule has 11 unspecified atom stereocenters. The molecule has 0 heterocycles. The van der Waals surface area contributed by atoms with Crippen LogP contribution in [-0.4, -0.2) is 0 Å². The van der Waals surface area contributed by atoms with Gasteiger partial charge in [-0.3, -0.25) is 0 Å². The zero-order chi connectivity index (χ0) is 10.7. The number of rotatable bonds is 0. The van der Waals surface area contributed by atoms with Crippen molar-refractivity contribution in [1.82, 2.24) is 0 Å². The average Bonchev–Trinajstić information content (AvgIpc) is 2.70. The normalized spacial score (nSPS) is 87.0. The lowest BCUT2D eigenvalue weighted by molar-refractivity contribution is -0.183. The molecule has 7 rings (SSSR count). The molecule has 7 fully saturated rings. The van der Waals surface area contributed by atoms with Crippen LogP contribution in [0.5, 0.6) is 0 Å². The maximum atomic E-state index is 2.67. The quantitative estimate of drug-likeness (QED) is 0.592. The Kier molecular flexibility index (Phi) is 0.900. The van der Waals surface area contributed by atoms with Gasteiger partial charge in [0, 0.05) is 0 Å². The standard InChI is InChI=1S/C17H22/c1-7-4-16-5-8-9(6-16)15-13-3-11-10(16)2-12(14(8)15)17(7,11)13/h7-15H,2-6H2,1H3. The SMILES string of the molecule is CC1CC23CC4C(C2)C2C4C4CC3C3CC2C143. The van der Waals surface area contributed by atoms with E-state index in [9.17, 15) is 0 Å². The molecule has 90 valence electrons. The molecule has 0 heteroatoms. The lowest BCUT2D eigenvalue weighted by Crippen LogP contribution is -2.60. The molecular formula is C17H22. The van der Waals surface area contributed by atoms with E-state index in [-0.39, 0.29) is 0 Å². The van der Waals surface area contributed by atoms with Crippen LogP contribution in [-0.2, 0) is 0 Å². The Morgan fingerprint density at radius 1 is 0.765 bits per heavy atom. The van der Waals surface area contributed by atoms with Crippen LogP contribution >= 0.6 is 0 Å². The summed E-state index contributed by atoms with van der Waals surface area (Å²) in [7, 11) is 0. The van der Waals surface area contributed by atoms with E-state index in [1.807, 2.05) is 0 Å². The van der Waals surface area contributed by atoms with Crippen molar-refractivity contribution < 1.29 is 0 Å². The molecule has 17 heavy (non-hydrogen) atoms. The van der Waals surface area contributed by atoms with Crippen LogP contribution in [0, 0.1) is 64.1 Å². The number of hydrogen-bond donors (Lipinski definition) is 0. The Hall–Kier alpha value is 0. The summed E-state index contributed by atoms with van der Waals surface area (Å²) in [6.45, 7) is 2.67. The zero-order valence-corrected chi connectivity index (χ0v) is 10.7. The van der Waals surface area contributed by atoms with E-state index in [4.69, 9.17) is 0 Å². The second kappa shape index (κ2) is 1.86. The fourth-order valence-corrected chi connectivity index (χ4v) is 10.4. The van der Waals surface area contributed by atoms with Gasteiger partial charge in [-0.25, -0.2) is 0 Å². The maximum absolute atomic E-state index is 2.67. The van der Waals surface area contributed by atoms with Crippen LogP contribution in [0.4, 0.5) is 0 Å². The highest BCUT2D eigenvalue weighted by atomic mass is 14.9. The Morgan fingerprint density at radius 3 is 2.12 bits per heavy atom. The van der Waals surface area contributed by atoms with Gasteiger partial charge >= 0.3 is 0 Å². The number of fused-ring (bicyclic) bond motifs is 2. The predicted molar refractivity (Wildman–Crippen MR) is 65.0 cm³/mol. The van der Waals surface area contributed by atoms with Crippen LogP contribution in [0.25, 0.3) is 0 Å². The minimum Gasteiger partial charge on any atom is -0.0619 e. The first kappa shape index (κ1) is 8.23. The Bertz CT molecular complexity index is 464. The molecule has 0 N–H and O–H groups in total. The first-order valence-corrected chi connectivity index (χ1v) is 8.27. The Morgan fingerprint density at radius 2 is 1.41 bits per heavy atom. The molecule has 0 radical (unpaired) electrons. The summed E-state index contributed by atoms with van der Waals surface area (Å²) < 4.78 is 0. The second-order valence-corrected chi connectivity index (χ2v) is 9.26. The molecule has 5 bridgehead atoms. The lowest BCUT2D eigenvalue weighted by Gasteiger charge is -2.66. The zero-order valence-electron chi connectivity index (χ0n) is 10.7. The third kappa shape index (κ3) is 0.478. The van der Waals surface area contributed by atoms with Crippen LogP contribution in [0.2, 0.25) is 0 Å². The summed E-state index contributed by atoms with van der Waals surface area (Å²) >= 11 is 0. The van der Waals surface area contributed by atoms with Crippen LogP contribution < -0.4 is 0 Å². The minimum absolute atomic E-state index is 0.895. The summed E-state index contributed by atoms with van der Waals surface area (Å²) in [6, 6.07) is 0. The van der Waals surface area contributed by atoms with Gasteiger partial charge in [-0.1, -0.05) is 6.92 Å². The third-order valence-electron chi connectivity index (χ3n) is 9.98. The number of hydrogen-bond acceptors (Lipinski definition) is 0. The third-order valence-corrected chi connectivity index (χ3v) is 9.98. The summed E-state index contributed by atoms with van der Waals surface area (Å²) in [5.74, 6) is 11.0. The van der Waals surface area contributed by atoms with Gasteiger partial charge in [0.2, 0.25) is 0 Å². The Balaban J connectivity index is 1.66. The second-order valence-electron chi connectivity index (χ2n) is 9.26. The van der Waals surface area contributed by atoms with Gasteiger partial charge in [0.1, 0.15) is 0 Å². The fraction of sp³-hybridized carbons (Fsp3) is 1.00. The van der Waals surface area contributed by atoms with Crippen molar-refractivity contribution in [1.29, 1.82) is 0 Å². The Labute approximate surface area is 104 Å². The average molecular weight is 226 g/mol. The summed E-state index contributed by atoms with van der Waals surface area (Å²) in [6.07, 6.45) is 8.45. The lowest BCUT2D eigenvalue weighted by atomic mass is 9.38. The van der Waals surface area contributed by atoms with Gasteiger partial charge in [-0.2, -0.15) is 0 Å². The fourth-order valence-electron chi connectivity index (χ4n) is 10.4. The smallest absolute Gasteiger partial charge is 0.0178 e. The van der Waals surface area contributed by atoms with Gasteiger partial charge in [0.15, 0.2) is 0 Å². The predicted octanol–water partition coefficient (Wildman–Crippen LogP) is 3.57. The molecular weight excluding hydrogens is 204 g/mol. The highest BCUT2D eigenvalue weighted by Gasteiger charge is 2.88. The first-order valence-electron chi connectivity index (χ1n) is 8.27. The first-order chi connectivity index (χ1) is 8.27. The van der Waals surface area contributed by atoms with E-state index < -0.39 is 0 Å². The van der Waals surface area contributed by atoms with Gasteiger partial charge in [0.25, 0.3) is 0 Å². The molecule has 2 spiro atoms. The largest absolute Gasteiger partial charge is 0.0619 e. The topological polar surface area (TPSA) is 0 Å². The van der Waals surface area contributed by atoms with E-state index in [0.29, 0.717) is 0 Å². The van der Waals surface area contributed by atoms with E-state index in [1.54, 1.807) is 32.1 Å². The molecule has 7 saturated carbocycles. The molecule has 0 nitrogen and oxygen atoms in total. The van der Waals surface area contributed by atoms with Crippen LogP contribution in [0.1, 0.15) is 39.0 Å². The maximum Gasteiger partial charge on any atom is -0.0178 e. The highest BCUT2D eigenvalue weighted by molar-refractivity contribution is 5.35. The summed E-state index contributed by atoms with van der Waals surface area (Å²) in [5, 5.41) is 0.